The van der Waals surface area contributed by atoms with E-state index in [1.54, 1.807) is 0 Å². The number of rotatable bonds is 5. The van der Waals surface area contributed by atoms with Crippen molar-refractivity contribution >= 4 is 21.6 Å². The van der Waals surface area contributed by atoms with Crippen molar-refractivity contribution in [3.05, 3.63) is 71.8 Å². The summed E-state index contributed by atoms with van der Waals surface area (Å²) in [5.74, 6) is -0.926. The van der Waals surface area contributed by atoms with Gasteiger partial charge in [0.05, 0.1) is 24.5 Å². The minimum absolute atomic E-state index is 0.0816. The van der Waals surface area contributed by atoms with E-state index in [9.17, 15) is 17.6 Å². The van der Waals surface area contributed by atoms with Crippen molar-refractivity contribution in [2.24, 2.45) is 5.14 Å². The first kappa shape index (κ1) is 18.7. The quantitative estimate of drug-likeness (QED) is 0.698. The van der Waals surface area contributed by atoms with E-state index in [1.807, 2.05) is 31.2 Å². The standard InChI is InChI=1S/C18H17FN4O3S/c1-12-3-2-4-13(7-12)8-18(24)22-15-5-6-16(17(9-15)27(20,25)26)23-11-14(19)10-21-23/h2-7,9-11H,8H2,1H3,(H,22,24)(H2,20,25,26). The van der Waals surface area contributed by atoms with E-state index in [0.717, 1.165) is 28.2 Å². The fraction of sp³-hybridized carbons (Fsp3) is 0.111. The van der Waals surface area contributed by atoms with Gasteiger partial charge in [0.25, 0.3) is 0 Å². The molecule has 1 aromatic heterocycles. The number of nitrogens with two attached hydrogens (primary N) is 1. The summed E-state index contributed by atoms with van der Waals surface area (Å²) in [4.78, 5) is 12.0. The van der Waals surface area contributed by atoms with Crippen LogP contribution in [0.3, 0.4) is 0 Å². The molecular weight excluding hydrogens is 371 g/mol. The van der Waals surface area contributed by atoms with Crippen molar-refractivity contribution < 1.29 is 17.6 Å². The third-order valence-electron chi connectivity index (χ3n) is 3.80. The van der Waals surface area contributed by atoms with Crippen molar-refractivity contribution in [2.45, 2.75) is 18.2 Å². The second-order valence-corrected chi connectivity index (χ2v) is 7.57. The molecule has 1 amide bonds. The van der Waals surface area contributed by atoms with Crippen LogP contribution in [0.5, 0.6) is 0 Å². The topological polar surface area (TPSA) is 107 Å². The highest BCUT2D eigenvalue weighted by Crippen LogP contribution is 2.23. The number of nitrogens with one attached hydrogen (secondary N) is 1. The van der Waals surface area contributed by atoms with Gasteiger partial charge in [-0.3, -0.25) is 4.79 Å². The molecule has 0 aliphatic rings. The fourth-order valence-electron chi connectivity index (χ4n) is 2.65. The number of hydrogen-bond acceptors (Lipinski definition) is 4. The van der Waals surface area contributed by atoms with Crippen molar-refractivity contribution in [1.82, 2.24) is 9.78 Å². The highest BCUT2D eigenvalue weighted by Gasteiger charge is 2.18. The lowest BCUT2D eigenvalue weighted by atomic mass is 10.1. The molecule has 0 bridgehead atoms. The largest absolute Gasteiger partial charge is 0.326 e. The SMILES string of the molecule is Cc1cccc(CC(=O)Nc2ccc(-n3cc(F)cn3)c(S(N)(=O)=O)c2)c1. The fourth-order valence-corrected chi connectivity index (χ4v) is 3.40. The summed E-state index contributed by atoms with van der Waals surface area (Å²) < 4.78 is 38.1. The zero-order valence-electron chi connectivity index (χ0n) is 14.4. The number of primary sulfonamides is 1. The van der Waals surface area contributed by atoms with Crippen LogP contribution in [-0.2, 0) is 21.2 Å². The first-order chi connectivity index (χ1) is 12.7. The molecule has 0 aliphatic carbocycles. The molecular formula is C18H17FN4O3S. The lowest BCUT2D eigenvalue weighted by molar-refractivity contribution is -0.115. The third kappa shape index (κ3) is 4.57. The Morgan fingerprint density at radius 1 is 1.26 bits per heavy atom. The number of hydrogen-bond donors (Lipinski definition) is 2. The Labute approximate surface area is 155 Å². The maximum atomic E-state index is 13.2. The molecule has 3 aromatic rings. The molecule has 1 heterocycles. The van der Waals surface area contributed by atoms with Crippen molar-refractivity contribution in [1.29, 1.82) is 0 Å². The summed E-state index contributed by atoms with van der Waals surface area (Å²) in [7, 11) is -4.13. The third-order valence-corrected chi connectivity index (χ3v) is 4.74. The van der Waals surface area contributed by atoms with Gasteiger partial charge in [0.15, 0.2) is 5.82 Å². The van der Waals surface area contributed by atoms with Crippen LogP contribution in [-0.4, -0.2) is 24.1 Å². The summed E-state index contributed by atoms with van der Waals surface area (Å²) in [6.07, 6.45) is 2.11. The summed E-state index contributed by atoms with van der Waals surface area (Å²) in [5, 5.41) is 11.7. The highest BCUT2D eigenvalue weighted by atomic mass is 32.2. The summed E-state index contributed by atoms with van der Waals surface area (Å²) >= 11 is 0. The van der Waals surface area contributed by atoms with Crippen LogP contribution in [0.1, 0.15) is 11.1 Å². The van der Waals surface area contributed by atoms with Gasteiger partial charge >= 0.3 is 0 Å². The van der Waals surface area contributed by atoms with E-state index < -0.39 is 15.8 Å². The number of anilines is 1. The Hall–Kier alpha value is -3.04. The molecule has 0 saturated carbocycles. The van der Waals surface area contributed by atoms with Crippen LogP contribution in [0, 0.1) is 12.7 Å². The summed E-state index contributed by atoms with van der Waals surface area (Å²) in [5.41, 5.74) is 2.21. The van der Waals surface area contributed by atoms with Crippen LogP contribution in [0.25, 0.3) is 5.69 Å². The minimum atomic E-state index is -4.13. The Morgan fingerprint density at radius 2 is 2.04 bits per heavy atom. The van der Waals surface area contributed by atoms with Gasteiger partial charge in [0.1, 0.15) is 4.90 Å². The molecule has 0 fully saturated rings. The van der Waals surface area contributed by atoms with Crippen molar-refractivity contribution in [3.8, 4) is 5.69 Å². The van der Waals surface area contributed by atoms with Crippen molar-refractivity contribution in [3.63, 3.8) is 0 Å². The van der Waals surface area contributed by atoms with Gasteiger partial charge < -0.3 is 5.32 Å². The molecule has 0 atom stereocenters. The number of benzene rings is 2. The second-order valence-electron chi connectivity index (χ2n) is 6.04. The number of nitrogens with zero attached hydrogens (tertiary/aromatic N) is 2. The molecule has 0 spiro atoms. The maximum Gasteiger partial charge on any atom is 0.240 e. The average molecular weight is 388 g/mol. The number of aryl methyl sites for hydroxylation is 1. The molecule has 27 heavy (non-hydrogen) atoms. The monoisotopic (exact) mass is 388 g/mol. The Morgan fingerprint density at radius 3 is 2.67 bits per heavy atom. The molecule has 140 valence electrons. The number of aromatic nitrogens is 2. The van der Waals surface area contributed by atoms with Gasteiger partial charge in [-0.1, -0.05) is 29.8 Å². The first-order valence-corrected chi connectivity index (χ1v) is 9.50. The van der Waals surface area contributed by atoms with Crippen LogP contribution in [0.15, 0.2) is 59.8 Å². The molecule has 7 nitrogen and oxygen atoms in total. The van der Waals surface area contributed by atoms with E-state index in [4.69, 9.17) is 5.14 Å². The van der Waals surface area contributed by atoms with E-state index in [0.29, 0.717) is 0 Å². The molecule has 0 unspecified atom stereocenters. The van der Waals surface area contributed by atoms with Crippen molar-refractivity contribution in [2.75, 3.05) is 5.32 Å². The summed E-state index contributed by atoms with van der Waals surface area (Å²) in [6.45, 7) is 1.93. The average Bonchev–Trinajstić information content (AvgIpc) is 3.00. The second kappa shape index (κ2) is 7.29. The molecule has 0 saturated heterocycles. The van der Waals surface area contributed by atoms with Gasteiger partial charge in [-0.15, -0.1) is 0 Å². The van der Waals surface area contributed by atoms with Crippen LogP contribution >= 0.6 is 0 Å². The van der Waals surface area contributed by atoms with Gasteiger partial charge in [-0.25, -0.2) is 22.6 Å². The number of halogens is 1. The maximum absolute atomic E-state index is 13.2. The molecule has 3 rings (SSSR count). The molecule has 3 N–H and O–H groups in total. The lowest BCUT2D eigenvalue weighted by Crippen LogP contribution is -2.18. The Kier molecular flexibility index (Phi) is 5.06. The molecule has 0 aliphatic heterocycles. The van der Waals surface area contributed by atoms with Crippen LogP contribution < -0.4 is 10.5 Å². The normalized spacial score (nSPS) is 11.4. The predicted octanol–water partition coefficient (Wildman–Crippen LogP) is 2.15. The first-order valence-electron chi connectivity index (χ1n) is 7.95. The number of amides is 1. The van der Waals surface area contributed by atoms with Gasteiger partial charge in [-0.2, -0.15) is 5.10 Å². The highest BCUT2D eigenvalue weighted by molar-refractivity contribution is 7.89. The van der Waals surface area contributed by atoms with Gasteiger partial charge in [0.2, 0.25) is 15.9 Å². The molecule has 0 radical (unpaired) electrons. The van der Waals surface area contributed by atoms with E-state index in [2.05, 4.69) is 10.4 Å². The zero-order valence-corrected chi connectivity index (χ0v) is 15.2. The lowest BCUT2D eigenvalue weighted by Gasteiger charge is -2.11. The number of sulfonamides is 1. The number of carbonyl (C=O) groups is 1. The van der Waals surface area contributed by atoms with Crippen LogP contribution in [0.4, 0.5) is 10.1 Å². The van der Waals surface area contributed by atoms with Crippen LogP contribution in [0.2, 0.25) is 0 Å². The molecule has 9 heteroatoms. The number of carbonyl (C=O) groups excluding carboxylic acids is 1. The van der Waals surface area contributed by atoms with Gasteiger partial charge in [-0.05, 0) is 30.7 Å². The smallest absolute Gasteiger partial charge is 0.240 e. The molecule has 2 aromatic carbocycles. The Bertz CT molecular complexity index is 1110. The summed E-state index contributed by atoms with van der Waals surface area (Å²) in [6, 6.07) is 11.6. The predicted molar refractivity (Wildman–Crippen MR) is 98.4 cm³/mol. The van der Waals surface area contributed by atoms with E-state index in [1.165, 1.54) is 18.2 Å². The minimum Gasteiger partial charge on any atom is -0.326 e. The Balaban J connectivity index is 1.87. The zero-order chi connectivity index (χ0) is 19.6. The van der Waals surface area contributed by atoms with E-state index in [-0.39, 0.29) is 28.6 Å². The van der Waals surface area contributed by atoms with Gasteiger partial charge in [0, 0.05) is 5.69 Å². The van der Waals surface area contributed by atoms with E-state index >= 15 is 0 Å².